The molecule has 0 amide bonds. The van der Waals surface area contributed by atoms with Gasteiger partial charge in [0.2, 0.25) is 0 Å². The summed E-state index contributed by atoms with van der Waals surface area (Å²) in [7, 11) is 0. The molecule has 4 N–H and O–H groups in total. The minimum atomic E-state index is 0.102. The van der Waals surface area contributed by atoms with Crippen LogP contribution >= 0.6 is 0 Å². The third kappa shape index (κ3) is 4.02. The molecule has 0 saturated carbocycles. The van der Waals surface area contributed by atoms with Gasteiger partial charge in [-0.05, 0) is 30.0 Å². The number of hydrogen-bond donors (Lipinski definition) is 2. The van der Waals surface area contributed by atoms with E-state index >= 15 is 0 Å². The SMILES string of the molecule is CC[C@H](C)Cc1ccc(N=C(N)N)cc1. The van der Waals surface area contributed by atoms with Gasteiger partial charge in [0, 0.05) is 0 Å². The molecule has 1 aromatic carbocycles. The van der Waals surface area contributed by atoms with E-state index in [1.807, 2.05) is 12.1 Å². The maximum absolute atomic E-state index is 5.29. The lowest BCUT2D eigenvalue weighted by Gasteiger charge is -2.07. The van der Waals surface area contributed by atoms with Crippen molar-refractivity contribution in [1.29, 1.82) is 0 Å². The van der Waals surface area contributed by atoms with Crippen molar-refractivity contribution in [3.63, 3.8) is 0 Å². The number of benzene rings is 1. The van der Waals surface area contributed by atoms with E-state index in [4.69, 9.17) is 11.5 Å². The quantitative estimate of drug-likeness (QED) is 0.584. The Morgan fingerprint density at radius 3 is 2.33 bits per heavy atom. The minimum Gasteiger partial charge on any atom is -0.370 e. The summed E-state index contributed by atoms with van der Waals surface area (Å²) in [5.41, 5.74) is 12.7. The summed E-state index contributed by atoms with van der Waals surface area (Å²) in [5, 5.41) is 0. The van der Waals surface area contributed by atoms with Gasteiger partial charge >= 0.3 is 0 Å². The van der Waals surface area contributed by atoms with Gasteiger partial charge in [-0.3, -0.25) is 0 Å². The van der Waals surface area contributed by atoms with Gasteiger partial charge in [0.25, 0.3) is 0 Å². The smallest absolute Gasteiger partial charge is 0.191 e. The van der Waals surface area contributed by atoms with Crippen molar-refractivity contribution in [2.75, 3.05) is 0 Å². The number of hydrogen-bond acceptors (Lipinski definition) is 1. The molecule has 0 aliphatic carbocycles. The van der Waals surface area contributed by atoms with Crippen LogP contribution in [-0.2, 0) is 6.42 Å². The van der Waals surface area contributed by atoms with Crippen molar-refractivity contribution in [3.05, 3.63) is 29.8 Å². The van der Waals surface area contributed by atoms with E-state index in [2.05, 4.69) is 31.0 Å². The Hall–Kier alpha value is -1.51. The van der Waals surface area contributed by atoms with Gasteiger partial charge in [-0.15, -0.1) is 0 Å². The summed E-state index contributed by atoms with van der Waals surface area (Å²) in [6.07, 6.45) is 2.31. The summed E-state index contributed by atoms with van der Waals surface area (Å²) in [6.45, 7) is 4.46. The zero-order chi connectivity index (χ0) is 11.3. The van der Waals surface area contributed by atoms with E-state index in [9.17, 15) is 0 Å². The van der Waals surface area contributed by atoms with Crippen LogP contribution in [0.3, 0.4) is 0 Å². The van der Waals surface area contributed by atoms with Gasteiger partial charge in [-0.25, -0.2) is 4.99 Å². The molecule has 0 spiro atoms. The van der Waals surface area contributed by atoms with E-state index in [1.165, 1.54) is 12.0 Å². The fourth-order valence-corrected chi connectivity index (χ4v) is 1.40. The lowest BCUT2D eigenvalue weighted by Crippen LogP contribution is -2.21. The van der Waals surface area contributed by atoms with Crippen LogP contribution in [0, 0.1) is 5.92 Å². The molecule has 1 rings (SSSR count). The Morgan fingerprint density at radius 1 is 1.27 bits per heavy atom. The van der Waals surface area contributed by atoms with Gasteiger partial charge in [-0.2, -0.15) is 0 Å². The van der Waals surface area contributed by atoms with Crippen molar-refractivity contribution >= 4 is 11.6 Å². The molecule has 0 fully saturated rings. The molecular weight excluding hydrogens is 186 g/mol. The van der Waals surface area contributed by atoms with Crippen molar-refractivity contribution in [3.8, 4) is 0 Å². The lowest BCUT2D eigenvalue weighted by molar-refractivity contribution is 0.560. The number of nitrogens with zero attached hydrogens (tertiary/aromatic N) is 1. The fourth-order valence-electron chi connectivity index (χ4n) is 1.40. The molecule has 0 saturated heterocycles. The number of nitrogens with two attached hydrogens (primary N) is 2. The molecule has 1 atom stereocenters. The summed E-state index contributed by atoms with van der Waals surface area (Å²) in [6, 6.07) is 8.04. The lowest BCUT2D eigenvalue weighted by atomic mass is 9.99. The van der Waals surface area contributed by atoms with Crippen LogP contribution in [0.25, 0.3) is 0 Å². The van der Waals surface area contributed by atoms with Crippen molar-refractivity contribution < 1.29 is 0 Å². The molecule has 0 aliphatic rings. The predicted octanol–water partition coefficient (Wildman–Crippen LogP) is 2.18. The van der Waals surface area contributed by atoms with E-state index in [0.717, 1.165) is 18.0 Å². The van der Waals surface area contributed by atoms with Crippen LogP contribution in [0.2, 0.25) is 0 Å². The molecule has 3 nitrogen and oxygen atoms in total. The first-order chi connectivity index (χ1) is 7.11. The minimum absolute atomic E-state index is 0.102. The highest BCUT2D eigenvalue weighted by Gasteiger charge is 2.00. The van der Waals surface area contributed by atoms with E-state index in [1.54, 1.807) is 0 Å². The zero-order valence-electron chi connectivity index (χ0n) is 9.40. The first-order valence-electron chi connectivity index (χ1n) is 5.30. The largest absolute Gasteiger partial charge is 0.370 e. The fraction of sp³-hybridized carbons (Fsp3) is 0.417. The molecule has 0 aliphatic heterocycles. The summed E-state index contributed by atoms with van der Waals surface area (Å²) in [5.74, 6) is 0.823. The first kappa shape index (κ1) is 11.6. The highest BCUT2D eigenvalue weighted by Crippen LogP contribution is 2.16. The third-order valence-electron chi connectivity index (χ3n) is 2.48. The van der Waals surface area contributed by atoms with Crippen LogP contribution in [0.1, 0.15) is 25.8 Å². The zero-order valence-corrected chi connectivity index (χ0v) is 9.40. The van der Waals surface area contributed by atoms with Gasteiger partial charge in [0.05, 0.1) is 5.69 Å². The number of aliphatic imine (C=N–C) groups is 1. The van der Waals surface area contributed by atoms with Crippen molar-refractivity contribution in [1.82, 2.24) is 0 Å². The van der Waals surface area contributed by atoms with Crippen LogP contribution in [0.5, 0.6) is 0 Å². The topological polar surface area (TPSA) is 64.4 Å². The second-order valence-corrected chi connectivity index (χ2v) is 3.92. The Balaban J connectivity index is 2.68. The summed E-state index contributed by atoms with van der Waals surface area (Å²) in [4.78, 5) is 3.97. The van der Waals surface area contributed by atoms with Crippen LogP contribution in [0.15, 0.2) is 29.3 Å². The van der Waals surface area contributed by atoms with E-state index < -0.39 is 0 Å². The molecular formula is C12H19N3. The Kier molecular flexibility index (Phi) is 4.16. The predicted molar refractivity (Wildman–Crippen MR) is 65.1 cm³/mol. The van der Waals surface area contributed by atoms with Crippen LogP contribution in [0.4, 0.5) is 5.69 Å². The summed E-state index contributed by atoms with van der Waals surface area (Å²) < 4.78 is 0. The molecule has 1 aromatic rings. The standard InChI is InChI=1S/C12H19N3/c1-3-9(2)8-10-4-6-11(7-5-10)15-12(13)14/h4-7,9H,3,8H2,1-2H3,(H4,13,14,15)/t9-/m0/s1. The van der Waals surface area contributed by atoms with Crippen LogP contribution < -0.4 is 11.5 Å². The van der Waals surface area contributed by atoms with Crippen LogP contribution in [-0.4, -0.2) is 5.96 Å². The molecule has 0 heterocycles. The Labute approximate surface area is 91.2 Å². The average Bonchev–Trinajstić information content (AvgIpc) is 2.20. The maximum atomic E-state index is 5.29. The van der Waals surface area contributed by atoms with Gasteiger partial charge in [-0.1, -0.05) is 32.4 Å². The third-order valence-corrected chi connectivity index (χ3v) is 2.48. The molecule has 0 radical (unpaired) electrons. The molecule has 15 heavy (non-hydrogen) atoms. The molecule has 3 heteroatoms. The number of guanidine groups is 1. The van der Waals surface area contributed by atoms with Gasteiger partial charge in [0.15, 0.2) is 5.96 Å². The van der Waals surface area contributed by atoms with Crippen molar-refractivity contribution in [2.24, 2.45) is 22.4 Å². The molecule has 0 bridgehead atoms. The maximum Gasteiger partial charge on any atom is 0.191 e. The monoisotopic (exact) mass is 205 g/mol. The summed E-state index contributed by atoms with van der Waals surface area (Å²) >= 11 is 0. The van der Waals surface area contributed by atoms with Gasteiger partial charge < -0.3 is 11.5 Å². The molecule has 0 unspecified atom stereocenters. The average molecular weight is 205 g/mol. The van der Waals surface area contributed by atoms with E-state index in [0.29, 0.717) is 0 Å². The normalized spacial score (nSPS) is 12.1. The highest BCUT2D eigenvalue weighted by atomic mass is 15.0. The van der Waals surface area contributed by atoms with Crippen molar-refractivity contribution in [2.45, 2.75) is 26.7 Å². The number of rotatable bonds is 4. The molecule has 82 valence electrons. The first-order valence-corrected chi connectivity index (χ1v) is 5.30. The van der Waals surface area contributed by atoms with Gasteiger partial charge in [0.1, 0.15) is 0 Å². The van der Waals surface area contributed by atoms with E-state index in [-0.39, 0.29) is 5.96 Å². The Bertz CT molecular complexity index is 323. The second-order valence-electron chi connectivity index (χ2n) is 3.92. The Morgan fingerprint density at radius 2 is 1.87 bits per heavy atom. The molecule has 0 aromatic heterocycles. The second kappa shape index (κ2) is 5.39. The highest BCUT2D eigenvalue weighted by molar-refractivity contribution is 5.78.